The third-order valence-corrected chi connectivity index (χ3v) is 4.86. The highest BCUT2D eigenvalue weighted by atomic mass is 32.2. The first-order chi connectivity index (χ1) is 12.1. The molecule has 14 heteroatoms. The van der Waals surface area contributed by atoms with Crippen molar-refractivity contribution in [1.82, 2.24) is 19.7 Å². The zero-order valence-electron chi connectivity index (χ0n) is 13.8. The Morgan fingerprint density at radius 3 is 2.19 bits per heavy atom. The monoisotopic (exact) mass is 386 g/mol. The van der Waals surface area contributed by atoms with Gasteiger partial charge in [-0.1, -0.05) is 0 Å². The number of ether oxygens (including phenoxy) is 2. The van der Waals surface area contributed by atoms with Crippen LogP contribution in [0.4, 0.5) is 10.7 Å². The molecule has 0 atom stereocenters. The number of aromatic carboxylic acids is 1. The van der Waals surface area contributed by atoms with Crippen LogP contribution in [-0.2, 0) is 17.1 Å². The van der Waals surface area contributed by atoms with E-state index >= 15 is 0 Å². The molecule has 2 aromatic heterocycles. The van der Waals surface area contributed by atoms with Crippen LogP contribution in [0.15, 0.2) is 17.3 Å². The minimum atomic E-state index is -4.82. The van der Waals surface area contributed by atoms with Crippen LogP contribution in [0.3, 0.4) is 0 Å². The SMILES string of the molecule is COc1cc(OC)nc(N(C(N)=O)S(=O)(=O)c2c(C(=O)O)cnn2C)n1. The summed E-state index contributed by atoms with van der Waals surface area (Å²) in [5.74, 6) is -2.48. The van der Waals surface area contributed by atoms with Gasteiger partial charge in [-0.25, -0.2) is 9.59 Å². The summed E-state index contributed by atoms with van der Waals surface area (Å²) in [5.41, 5.74) is 4.53. The highest BCUT2D eigenvalue weighted by Gasteiger charge is 2.38. The largest absolute Gasteiger partial charge is 0.481 e. The fraction of sp³-hybridized carbons (Fsp3) is 0.250. The number of carbonyl (C=O) groups excluding carboxylic acids is 1. The summed E-state index contributed by atoms with van der Waals surface area (Å²) in [7, 11) is -1.14. The number of methoxy groups -OCH3 is 2. The minimum absolute atomic E-state index is 0.0293. The third-order valence-electron chi connectivity index (χ3n) is 3.07. The number of hydrogen-bond acceptors (Lipinski definition) is 9. The number of anilines is 1. The van der Waals surface area contributed by atoms with Crippen LogP contribution in [0.5, 0.6) is 11.8 Å². The highest BCUT2D eigenvalue weighted by Crippen LogP contribution is 2.26. The van der Waals surface area contributed by atoms with E-state index in [1.165, 1.54) is 27.3 Å². The second-order valence-electron chi connectivity index (χ2n) is 4.65. The minimum Gasteiger partial charge on any atom is -0.481 e. The van der Waals surface area contributed by atoms with Gasteiger partial charge >= 0.3 is 12.0 Å². The molecule has 0 spiro atoms. The van der Waals surface area contributed by atoms with Crippen molar-refractivity contribution in [3.63, 3.8) is 0 Å². The molecule has 26 heavy (non-hydrogen) atoms. The topological polar surface area (TPSA) is 180 Å². The maximum absolute atomic E-state index is 12.9. The summed E-state index contributed by atoms with van der Waals surface area (Å²) in [4.78, 5) is 30.7. The number of rotatable bonds is 6. The standard InChI is InChI=1S/C12H14N6O7S/c1-17-9(6(5-14-17)10(19)20)26(22,23)18(11(13)21)12-15-7(24-2)4-8(16-12)25-3/h4-5H,1-3H3,(H2,13,21)(H,19,20). The van der Waals surface area contributed by atoms with Gasteiger partial charge in [0, 0.05) is 7.05 Å². The van der Waals surface area contributed by atoms with Crippen molar-refractivity contribution in [2.75, 3.05) is 18.5 Å². The Morgan fingerprint density at radius 1 is 1.23 bits per heavy atom. The molecule has 0 bridgehead atoms. The van der Waals surface area contributed by atoms with E-state index in [0.717, 1.165) is 10.9 Å². The quantitative estimate of drug-likeness (QED) is 0.638. The number of hydrogen-bond donors (Lipinski definition) is 2. The van der Waals surface area contributed by atoms with Crippen molar-refractivity contribution in [2.45, 2.75) is 5.03 Å². The first kappa shape index (κ1) is 18.9. The van der Waals surface area contributed by atoms with Gasteiger partial charge in [0.15, 0.2) is 5.03 Å². The number of carboxylic acids is 1. The fourth-order valence-corrected chi connectivity index (χ4v) is 3.49. The van der Waals surface area contributed by atoms with Crippen LogP contribution in [0.25, 0.3) is 0 Å². The van der Waals surface area contributed by atoms with Gasteiger partial charge in [-0.3, -0.25) is 4.68 Å². The van der Waals surface area contributed by atoms with Crippen molar-refractivity contribution >= 4 is 28.0 Å². The molecule has 0 aliphatic heterocycles. The van der Waals surface area contributed by atoms with Gasteiger partial charge in [-0.15, -0.1) is 4.31 Å². The van der Waals surface area contributed by atoms with Gasteiger partial charge in [0.2, 0.25) is 11.8 Å². The smallest absolute Gasteiger partial charge is 0.340 e. The Balaban J connectivity index is 2.74. The Morgan fingerprint density at radius 2 is 1.77 bits per heavy atom. The van der Waals surface area contributed by atoms with E-state index in [9.17, 15) is 23.1 Å². The van der Waals surface area contributed by atoms with Crippen LogP contribution in [-0.4, -0.2) is 59.5 Å². The number of carbonyl (C=O) groups is 2. The van der Waals surface area contributed by atoms with E-state index in [0.29, 0.717) is 0 Å². The number of nitrogens with two attached hydrogens (primary N) is 1. The molecule has 0 aliphatic carbocycles. The average molecular weight is 386 g/mol. The molecule has 140 valence electrons. The Kier molecular flexibility index (Phi) is 4.97. The summed E-state index contributed by atoms with van der Waals surface area (Å²) in [6.07, 6.45) is 0.821. The van der Waals surface area contributed by atoms with Crippen LogP contribution in [0.1, 0.15) is 10.4 Å². The third kappa shape index (κ3) is 3.21. The van der Waals surface area contributed by atoms with Crippen molar-refractivity contribution < 1.29 is 32.6 Å². The highest BCUT2D eigenvalue weighted by molar-refractivity contribution is 7.93. The zero-order valence-corrected chi connectivity index (χ0v) is 14.6. The van der Waals surface area contributed by atoms with Crippen molar-refractivity contribution in [1.29, 1.82) is 0 Å². The second kappa shape index (κ2) is 6.83. The van der Waals surface area contributed by atoms with Crippen LogP contribution in [0, 0.1) is 0 Å². The number of urea groups is 1. The number of sulfonamides is 1. The molecule has 0 radical (unpaired) electrons. The van der Waals surface area contributed by atoms with E-state index in [4.69, 9.17) is 15.2 Å². The summed E-state index contributed by atoms with van der Waals surface area (Å²) < 4.78 is 36.4. The number of nitrogens with zero attached hydrogens (tertiary/aromatic N) is 5. The normalized spacial score (nSPS) is 11.0. The molecule has 3 N–H and O–H groups in total. The van der Waals surface area contributed by atoms with Crippen LogP contribution >= 0.6 is 0 Å². The molecule has 2 rings (SSSR count). The van der Waals surface area contributed by atoms with Gasteiger partial charge in [0.1, 0.15) is 5.56 Å². The van der Waals surface area contributed by atoms with E-state index in [1.54, 1.807) is 0 Å². The lowest BCUT2D eigenvalue weighted by Gasteiger charge is -2.19. The summed E-state index contributed by atoms with van der Waals surface area (Å²) in [6, 6.07) is -0.236. The molecule has 0 unspecified atom stereocenters. The Hall–Kier alpha value is -3.42. The van der Waals surface area contributed by atoms with Crippen molar-refractivity contribution in [2.24, 2.45) is 12.8 Å². The average Bonchev–Trinajstić information content (AvgIpc) is 2.96. The van der Waals surface area contributed by atoms with E-state index < -0.39 is 38.6 Å². The predicted molar refractivity (Wildman–Crippen MR) is 84.6 cm³/mol. The molecular formula is C12H14N6O7S. The Labute approximate surface area is 147 Å². The number of primary amides is 1. The van der Waals surface area contributed by atoms with Crippen molar-refractivity contribution in [3.05, 3.63) is 17.8 Å². The van der Waals surface area contributed by atoms with Gasteiger partial charge < -0.3 is 20.3 Å². The summed E-state index contributed by atoms with van der Waals surface area (Å²) >= 11 is 0. The van der Waals surface area contributed by atoms with Gasteiger partial charge in [0.05, 0.1) is 26.5 Å². The molecule has 0 aromatic carbocycles. The molecule has 2 heterocycles. The van der Waals surface area contributed by atoms with Crippen LogP contribution < -0.4 is 19.5 Å². The summed E-state index contributed by atoms with van der Waals surface area (Å²) in [6.45, 7) is 0. The van der Waals surface area contributed by atoms with Gasteiger partial charge in [0.25, 0.3) is 16.0 Å². The van der Waals surface area contributed by atoms with Gasteiger partial charge in [-0.2, -0.15) is 23.5 Å². The lowest BCUT2D eigenvalue weighted by molar-refractivity contribution is 0.0692. The maximum Gasteiger partial charge on any atom is 0.340 e. The Bertz CT molecular complexity index is 948. The van der Waals surface area contributed by atoms with E-state index in [2.05, 4.69) is 15.1 Å². The summed E-state index contributed by atoms with van der Waals surface area (Å²) in [5, 5.41) is 12.0. The molecule has 2 aromatic rings. The molecule has 0 fully saturated rings. The molecule has 0 saturated carbocycles. The van der Waals surface area contributed by atoms with Crippen molar-refractivity contribution in [3.8, 4) is 11.8 Å². The lowest BCUT2D eigenvalue weighted by atomic mass is 10.4. The van der Waals surface area contributed by atoms with Crippen LogP contribution in [0.2, 0.25) is 0 Å². The first-order valence-electron chi connectivity index (χ1n) is 6.70. The molecule has 2 amide bonds. The van der Waals surface area contributed by atoms with E-state index in [-0.39, 0.29) is 16.1 Å². The number of aryl methyl sites for hydroxylation is 1. The maximum atomic E-state index is 12.9. The number of carboxylic acid groups (broad SMARTS) is 1. The zero-order chi connectivity index (χ0) is 19.6. The molecule has 0 saturated heterocycles. The number of aromatic nitrogens is 4. The molecule has 13 nitrogen and oxygen atoms in total. The molecular weight excluding hydrogens is 372 g/mol. The predicted octanol–water partition coefficient (Wildman–Crippen LogP) is -0.800. The fourth-order valence-electron chi connectivity index (χ4n) is 1.98. The first-order valence-corrected chi connectivity index (χ1v) is 8.14. The molecule has 0 aliphatic rings. The lowest BCUT2D eigenvalue weighted by Crippen LogP contribution is -2.43. The second-order valence-corrected chi connectivity index (χ2v) is 6.35. The van der Waals surface area contributed by atoms with Gasteiger partial charge in [-0.05, 0) is 0 Å². The number of amides is 2. The van der Waals surface area contributed by atoms with E-state index in [1.807, 2.05) is 0 Å².